The van der Waals surface area contributed by atoms with Gasteiger partial charge in [0.15, 0.2) is 11.5 Å². The van der Waals surface area contributed by atoms with Gasteiger partial charge in [-0.2, -0.15) is 0 Å². The lowest BCUT2D eigenvalue weighted by Crippen LogP contribution is -2.47. The van der Waals surface area contributed by atoms with Crippen molar-refractivity contribution in [3.05, 3.63) is 35.0 Å². The number of piperidine rings is 1. The summed E-state index contributed by atoms with van der Waals surface area (Å²) in [6.45, 7) is 4.64. The van der Waals surface area contributed by atoms with Gasteiger partial charge >= 0.3 is 6.29 Å². The van der Waals surface area contributed by atoms with Crippen LogP contribution in [0.1, 0.15) is 57.4 Å². The molecule has 0 bridgehead atoms. The Morgan fingerprint density at radius 3 is 2.82 bits per heavy atom. The highest BCUT2D eigenvalue weighted by atomic mass is 19.3. The fraction of sp³-hybridized carbons (Fsp3) is 0.600. The molecule has 1 atom stereocenters. The summed E-state index contributed by atoms with van der Waals surface area (Å²) in [6.07, 6.45) is 4.40. The number of rotatable bonds is 4. The molecule has 7 nitrogen and oxygen atoms in total. The van der Waals surface area contributed by atoms with Crippen LogP contribution < -0.4 is 20.5 Å². The minimum Gasteiger partial charge on any atom is -0.402 e. The van der Waals surface area contributed by atoms with E-state index in [1.54, 1.807) is 6.07 Å². The highest BCUT2D eigenvalue weighted by Gasteiger charge is 2.44. The Morgan fingerprint density at radius 2 is 2.03 bits per heavy atom. The summed E-state index contributed by atoms with van der Waals surface area (Å²) < 4.78 is 36.6. The van der Waals surface area contributed by atoms with Crippen LogP contribution in [-0.4, -0.2) is 48.5 Å². The molecular formula is C25H33F2N5O2. The molecule has 184 valence electrons. The van der Waals surface area contributed by atoms with Gasteiger partial charge in [-0.05, 0) is 45.2 Å². The quantitative estimate of drug-likeness (QED) is 0.685. The van der Waals surface area contributed by atoms with Gasteiger partial charge in [0.2, 0.25) is 0 Å². The van der Waals surface area contributed by atoms with Crippen LogP contribution in [0.25, 0.3) is 0 Å². The Morgan fingerprint density at radius 1 is 1.21 bits per heavy atom. The van der Waals surface area contributed by atoms with Gasteiger partial charge in [-0.3, -0.25) is 14.9 Å². The zero-order chi connectivity index (χ0) is 23.7. The van der Waals surface area contributed by atoms with E-state index < -0.39 is 6.29 Å². The lowest BCUT2D eigenvalue weighted by atomic mass is 9.94. The van der Waals surface area contributed by atoms with E-state index in [1.165, 1.54) is 25.3 Å². The molecule has 5 rings (SSSR count). The van der Waals surface area contributed by atoms with Crippen molar-refractivity contribution in [1.82, 2.24) is 10.2 Å². The predicted octanol–water partition coefficient (Wildman–Crippen LogP) is 4.19. The number of nitrogens with zero attached hydrogens (tertiary/aromatic N) is 3. The number of nitrogens with two attached hydrogens (primary N) is 1. The minimum absolute atomic E-state index is 0.0921. The first kappa shape index (κ1) is 23.1. The zero-order valence-corrected chi connectivity index (χ0v) is 19.7. The molecule has 1 aliphatic carbocycles. The van der Waals surface area contributed by atoms with Crippen LogP contribution in [0.4, 0.5) is 8.78 Å². The van der Waals surface area contributed by atoms with Crippen molar-refractivity contribution in [2.75, 3.05) is 19.6 Å². The molecule has 9 heteroatoms. The molecular weight excluding hydrogens is 440 g/mol. The molecule has 3 heterocycles. The smallest absolute Gasteiger partial charge is 0.402 e. The normalized spacial score (nSPS) is 27.9. The van der Waals surface area contributed by atoms with E-state index in [1.807, 2.05) is 13.0 Å². The number of para-hydroxylation sites is 1. The first-order chi connectivity index (χ1) is 16.4. The Balaban J connectivity index is 1.29. The first-order valence-electron chi connectivity index (χ1n) is 12.3. The van der Waals surface area contributed by atoms with Gasteiger partial charge in [0.1, 0.15) is 11.7 Å². The minimum atomic E-state index is -3.61. The van der Waals surface area contributed by atoms with Crippen molar-refractivity contribution < 1.29 is 18.3 Å². The molecule has 2 fully saturated rings. The number of hydrogen-bond donors (Lipinski definition) is 2. The molecule has 1 unspecified atom stereocenters. The van der Waals surface area contributed by atoms with Crippen LogP contribution in [0.15, 0.2) is 39.5 Å². The molecule has 1 aromatic carbocycles. The summed E-state index contributed by atoms with van der Waals surface area (Å²) in [5, 5.41) is 3.53. The number of likely N-dealkylation sites (tertiary alicyclic amines) is 1. The Bertz CT molecular complexity index is 1010. The summed E-state index contributed by atoms with van der Waals surface area (Å²) in [6, 6.07) is 5.40. The van der Waals surface area contributed by atoms with Crippen molar-refractivity contribution in [2.24, 2.45) is 21.6 Å². The molecule has 3 N–H and O–H groups in total. The topological polar surface area (TPSA) is 84.5 Å². The van der Waals surface area contributed by atoms with Crippen molar-refractivity contribution in [3.8, 4) is 11.5 Å². The largest absolute Gasteiger partial charge is 0.586 e. The molecule has 1 saturated carbocycles. The maximum atomic E-state index is 13.6. The fourth-order valence-electron chi connectivity index (χ4n) is 5.33. The van der Waals surface area contributed by atoms with Crippen LogP contribution in [0.3, 0.4) is 0 Å². The number of alkyl halides is 2. The number of hydrogen-bond acceptors (Lipinski definition) is 6. The number of nitrogens with one attached hydrogen (secondary N) is 1. The average Bonchev–Trinajstić information content (AvgIpc) is 3.15. The van der Waals surface area contributed by atoms with E-state index in [9.17, 15) is 8.78 Å². The molecule has 0 radical (unpaired) electrons. The number of amidine groups is 2. The molecule has 34 heavy (non-hydrogen) atoms. The van der Waals surface area contributed by atoms with Gasteiger partial charge < -0.3 is 20.5 Å². The molecule has 4 aliphatic rings. The van der Waals surface area contributed by atoms with Gasteiger partial charge in [0, 0.05) is 35.8 Å². The van der Waals surface area contributed by atoms with Gasteiger partial charge in [0.25, 0.3) is 0 Å². The summed E-state index contributed by atoms with van der Waals surface area (Å²) in [5.41, 5.74) is 8.61. The zero-order valence-electron chi connectivity index (χ0n) is 19.7. The third-order valence-electron chi connectivity index (χ3n) is 7.10. The maximum absolute atomic E-state index is 13.6. The number of allylic oxidation sites excluding steroid dienone is 1. The number of benzene rings is 1. The van der Waals surface area contributed by atoms with E-state index >= 15 is 0 Å². The molecule has 1 aromatic rings. The highest BCUT2D eigenvalue weighted by molar-refractivity contribution is 6.12. The molecule has 0 aromatic heterocycles. The fourth-order valence-corrected chi connectivity index (χ4v) is 5.33. The summed E-state index contributed by atoms with van der Waals surface area (Å²) in [4.78, 5) is 12.2. The van der Waals surface area contributed by atoms with Crippen molar-refractivity contribution >= 4 is 11.7 Å². The third kappa shape index (κ3) is 5.04. The lowest BCUT2D eigenvalue weighted by Gasteiger charge is -2.35. The molecule has 0 spiro atoms. The number of fused-ring (bicyclic) bond motifs is 1. The summed E-state index contributed by atoms with van der Waals surface area (Å²) in [7, 11) is 0. The van der Waals surface area contributed by atoms with E-state index in [0.717, 1.165) is 61.7 Å². The van der Waals surface area contributed by atoms with Crippen LogP contribution in [0, 0.1) is 5.92 Å². The lowest BCUT2D eigenvalue weighted by molar-refractivity contribution is -0.287. The van der Waals surface area contributed by atoms with E-state index in [-0.39, 0.29) is 17.4 Å². The van der Waals surface area contributed by atoms with E-state index in [0.29, 0.717) is 24.7 Å². The Labute approximate surface area is 199 Å². The van der Waals surface area contributed by atoms with E-state index in [2.05, 4.69) is 15.0 Å². The van der Waals surface area contributed by atoms with Crippen LogP contribution in [0.2, 0.25) is 0 Å². The van der Waals surface area contributed by atoms with Gasteiger partial charge in [-0.1, -0.05) is 31.4 Å². The van der Waals surface area contributed by atoms with Crippen molar-refractivity contribution in [3.63, 3.8) is 0 Å². The second kappa shape index (κ2) is 9.52. The summed E-state index contributed by atoms with van der Waals surface area (Å²) in [5.74, 6) is 2.28. The predicted molar refractivity (Wildman–Crippen MR) is 127 cm³/mol. The Kier molecular flexibility index (Phi) is 6.46. The van der Waals surface area contributed by atoms with Crippen LogP contribution >= 0.6 is 0 Å². The molecule has 1 saturated heterocycles. The first-order valence-corrected chi connectivity index (χ1v) is 12.3. The van der Waals surface area contributed by atoms with Gasteiger partial charge in [-0.25, -0.2) is 0 Å². The third-order valence-corrected chi connectivity index (χ3v) is 7.10. The number of aliphatic imine (C=N–C) groups is 2. The SMILES string of the molecule is CC(N)=C1CN=C(C2CCCN(Cc3cccc4c3OC(F)(F)O4)C2)NC1=NC1CCCCC1. The monoisotopic (exact) mass is 473 g/mol. The number of halogens is 2. The molecule has 0 amide bonds. The molecule has 3 aliphatic heterocycles. The second-order valence-electron chi connectivity index (χ2n) is 9.74. The maximum Gasteiger partial charge on any atom is 0.586 e. The van der Waals surface area contributed by atoms with Crippen LogP contribution in [0.5, 0.6) is 11.5 Å². The van der Waals surface area contributed by atoms with Crippen molar-refractivity contribution in [2.45, 2.75) is 70.8 Å². The van der Waals surface area contributed by atoms with Crippen molar-refractivity contribution in [1.29, 1.82) is 0 Å². The van der Waals surface area contributed by atoms with Crippen LogP contribution in [-0.2, 0) is 6.54 Å². The Hall–Kier alpha value is -2.68. The van der Waals surface area contributed by atoms with Gasteiger partial charge in [0.05, 0.1) is 12.6 Å². The van der Waals surface area contributed by atoms with E-state index in [4.69, 9.17) is 20.5 Å². The summed E-state index contributed by atoms with van der Waals surface area (Å²) >= 11 is 0. The van der Waals surface area contributed by atoms with Gasteiger partial charge in [-0.15, -0.1) is 8.78 Å². The standard InChI is InChI=1S/C25H33F2N5O2/c1-16(28)20-13-29-23(31-24(20)30-19-9-3-2-4-10-19)18-8-6-12-32(15-18)14-17-7-5-11-21-22(17)34-25(26,27)33-21/h5,7,11,18-19H,2-4,6,8-10,12-15,28H2,1H3,(H,29,30,31). The second-order valence-corrected chi connectivity index (χ2v) is 9.74. The number of ether oxygens (including phenoxy) is 2. The highest BCUT2D eigenvalue weighted by Crippen LogP contribution is 2.43. The average molecular weight is 474 g/mol.